The van der Waals surface area contributed by atoms with Crippen LogP contribution in [0.25, 0.3) is 12.2 Å². The number of hydrogen-bond donors (Lipinski definition) is 18. The molecular formula is C54H62CaO36. The molecule has 91 heavy (non-hydrogen) atoms. The van der Waals surface area contributed by atoms with Crippen molar-refractivity contribution in [2.45, 2.75) is 147 Å². The minimum Gasteiger partial charge on any atom is -0.872 e. The summed E-state index contributed by atoms with van der Waals surface area (Å²) in [5.74, 6) is -27.2. The predicted molar refractivity (Wildman–Crippen MR) is 280 cm³/mol. The average Bonchev–Trinajstić information content (AvgIpc) is 0.779. The summed E-state index contributed by atoms with van der Waals surface area (Å²) in [5.41, 5.74) is 0.522. The summed E-state index contributed by atoms with van der Waals surface area (Å²) in [6, 6.07) is 9.78. The Balaban J connectivity index is 0.000000286. The maximum Gasteiger partial charge on any atom is 2.00 e. The van der Waals surface area contributed by atoms with Crippen LogP contribution in [-0.4, -0.2) is 349 Å². The molecule has 4 unspecified atom stereocenters. The Kier molecular flexibility index (Phi) is 25.7. The molecule has 2 saturated carbocycles. The van der Waals surface area contributed by atoms with Gasteiger partial charge < -0.3 is 140 Å². The van der Waals surface area contributed by atoms with Gasteiger partial charge in [0.2, 0.25) is 23.1 Å². The Hall–Kier alpha value is -4.90. The number of allylic oxidation sites excluding steroid dienone is 2. The standard InChI is InChI=1S/2C27H32O18.Ca/c2*28-7-12-15(32)18(35)20(37)25(42-12)44-22-17(34)14(11(31)6-3-9-1-4-10(30)5-2-9)23(39)27(41,24(22)40)45-26-21(38)19(36)16(33)13(8-29)43-26;/h2*1-6,12-16,18-22,25-26,28-30,32-33,35-38,41H,7-8H2;/q;;+2/p-2/b2*6-3+;/t2*12-,13-,14?,15-,16-,18+,19+,20-,21-,22-,25+,26+,27?;/m11./s1. The second-order valence-corrected chi connectivity index (χ2v) is 21.1. The summed E-state index contributed by atoms with van der Waals surface area (Å²) < 4.78 is 41.0. The van der Waals surface area contributed by atoms with E-state index in [1.54, 1.807) is 0 Å². The van der Waals surface area contributed by atoms with Crippen molar-refractivity contribution >= 4 is 96.2 Å². The number of ether oxygens (including phenoxy) is 8. The van der Waals surface area contributed by atoms with Crippen LogP contribution < -0.4 is 10.2 Å². The van der Waals surface area contributed by atoms with Crippen LogP contribution in [0, 0.1) is 11.8 Å². The number of carbonyl (C=O) groups is 8. The van der Waals surface area contributed by atoms with Gasteiger partial charge in [-0.3, -0.25) is 38.4 Å². The van der Waals surface area contributed by atoms with E-state index in [0.717, 1.165) is 36.4 Å². The molecule has 4 aliphatic heterocycles. The van der Waals surface area contributed by atoms with Gasteiger partial charge in [0.15, 0.2) is 60.5 Å². The number of ketones is 8. The maximum atomic E-state index is 13.5. The number of aliphatic hydroxyl groups is 18. The summed E-state index contributed by atoms with van der Waals surface area (Å²) >= 11 is 0. The van der Waals surface area contributed by atoms with Gasteiger partial charge in [0.05, 0.1) is 26.4 Å². The minimum absolute atomic E-state index is 0. The van der Waals surface area contributed by atoms with E-state index >= 15 is 0 Å². The largest absolute Gasteiger partial charge is 2.00 e. The normalized spacial score (nSPS) is 40.6. The van der Waals surface area contributed by atoms with E-state index < -0.39 is 231 Å². The SMILES string of the molecule is O=C(/C=C/c1ccc([O-])cc1)C1C(=O)[C@@H](O[C@@H]2O[C@H](CO)[C@@H](O)[C@H](O)[C@H]2O)C(=O)C(O)(O[C@@H]2O[C@H](CO)[C@@H](O)[C@H](O)[C@H]2O)C1=O.O=C(/C=C/c1ccc([O-])cc1)C1C(=O)[C@@H](O[C@@H]2O[C@H](CO)[C@@H](O)[C@H](O)[C@H]2O)C(=O)C(O)(O[C@@H]2O[C@H](CO)[C@@H](O)[C@H](O)[C@H]2O)C1=O.[Ca+2]. The minimum atomic E-state index is -3.86. The molecule has 0 bridgehead atoms. The summed E-state index contributed by atoms with van der Waals surface area (Å²) in [7, 11) is 0. The van der Waals surface area contributed by atoms with Crippen molar-refractivity contribution in [3.05, 3.63) is 71.8 Å². The third-order valence-corrected chi connectivity index (χ3v) is 15.1. The number of rotatable bonds is 18. The molecule has 6 aliphatic rings. The molecule has 2 aliphatic carbocycles. The van der Waals surface area contributed by atoms with Crippen molar-refractivity contribution in [3.8, 4) is 11.5 Å². The zero-order chi connectivity index (χ0) is 66.8. The van der Waals surface area contributed by atoms with E-state index in [9.17, 15) is 140 Å². The third kappa shape index (κ3) is 15.4. The quantitative estimate of drug-likeness (QED) is 0.0285. The number of hydrogen-bond acceptors (Lipinski definition) is 36. The molecule has 2 aromatic carbocycles. The first-order valence-corrected chi connectivity index (χ1v) is 26.9. The van der Waals surface area contributed by atoms with E-state index in [2.05, 4.69) is 0 Å². The smallest absolute Gasteiger partial charge is 0.872 e. The van der Waals surface area contributed by atoms with Crippen LogP contribution in [-0.2, 0) is 76.3 Å². The first-order valence-electron chi connectivity index (χ1n) is 26.9. The molecule has 0 spiro atoms. The van der Waals surface area contributed by atoms with Crippen molar-refractivity contribution in [3.63, 3.8) is 0 Å². The van der Waals surface area contributed by atoms with Gasteiger partial charge in [0.25, 0.3) is 11.6 Å². The molecule has 36 nitrogen and oxygen atoms in total. The van der Waals surface area contributed by atoms with Crippen molar-refractivity contribution in [1.82, 2.24) is 0 Å². The van der Waals surface area contributed by atoms with Gasteiger partial charge in [-0.1, -0.05) is 60.7 Å². The van der Waals surface area contributed by atoms with Crippen LogP contribution in [0.15, 0.2) is 60.7 Å². The molecule has 6 fully saturated rings. The van der Waals surface area contributed by atoms with Gasteiger partial charge in [-0.25, -0.2) is 0 Å². The number of aliphatic hydroxyl groups excluding tert-OH is 16. The van der Waals surface area contributed by atoms with E-state index in [-0.39, 0.29) is 60.4 Å². The van der Waals surface area contributed by atoms with Crippen LogP contribution in [0.3, 0.4) is 0 Å². The molecule has 2 aromatic rings. The Morgan fingerprint density at radius 1 is 0.407 bits per heavy atom. The Bertz CT molecular complexity index is 2800. The maximum absolute atomic E-state index is 13.5. The number of Topliss-reactive ketones (excluding diaryl/α,β-unsaturated/α-hetero) is 6. The summed E-state index contributed by atoms with van der Waals surface area (Å²) in [4.78, 5) is 107. The molecule has 8 rings (SSSR count). The summed E-state index contributed by atoms with van der Waals surface area (Å²) in [6.45, 7) is -3.85. The van der Waals surface area contributed by atoms with Crippen LogP contribution in [0.4, 0.5) is 0 Å². The molecule has 26 atom stereocenters. The van der Waals surface area contributed by atoms with Crippen molar-refractivity contribution in [2.75, 3.05) is 26.4 Å². The molecule has 0 aromatic heterocycles. The molecular weight excluding hydrogens is 1260 g/mol. The molecule has 4 saturated heterocycles. The van der Waals surface area contributed by atoms with Crippen LogP contribution >= 0.6 is 0 Å². The molecule has 37 heteroatoms. The van der Waals surface area contributed by atoms with Gasteiger partial charge in [0.1, 0.15) is 109 Å². The summed E-state index contributed by atoms with van der Waals surface area (Å²) in [5, 5.41) is 205. The summed E-state index contributed by atoms with van der Waals surface area (Å²) in [6.07, 6.45) is -42.1. The third-order valence-electron chi connectivity index (χ3n) is 15.1. The van der Waals surface area contributed by atoms with Crippen LogP contribution in [0.1, 0.15) is 11.1 Å². The molecule has 0 radical (unpaired) electrons. The molecule has 496 valence electrons. The molecule has 4 heterocycles. The second kappa shape index (κ2) is 31.1. The van der Waals surface area contributed by atoms with Crippen LogP contribution in [0.5, 0.6) is 11.5 Å². The molecule has 0 amide bonds. The van der Waals surface area contributed by atoms with Crippen molar-refractivity contribution < 1.29 is 178 Å². The Morgan fingerprint density at radius 3 is 0.923 bits per heavy atom. The van der Waals surface area contributed by atoms with Gasteiger partial charge in [0, 0.05) is 0 Å². The van der Waals surface area contributed by atoms with Crippen LogP contribution in [0.2, 0.25) is 0 Å². The monoisotopic (exact) mass is 1330 g/mol. The van der Waals surface area contributed by atoms with Crippen molar-refractivity contribution in [1.29, 1.82) is 0 Å². The van der Waals surface area contributed by atoms with Gasteiger partial charge in [-0.15, -0.1) is 11.5 Å². The van der Waals surface area contributed by atoms with Gasteiger partial charge in [-0.2, -0.15) is 0 Å². The topological polar surface area (TPSA) is 621 Å². The Labute approximate surface area is 540 Å². The molecule has 18 N–H and O–H groups in total. The number of benzene rings is 2. The van der Waals surface area contributed by atoms with Gasteiger partial charge in [-0.05, 0) is 23.3 Å². The fourth-order valence-electron chi connectivity index (χ4n) is 9.84. The average molecular weight is 1330 g/mol. The first kappa shape index (κ1) is 75.1. The van der Waals surface area contributed by atoms with E-state index in [0.29, 0.717) is 12.2 Å². The zero-order valence-electron chi connectivity index (χ0n) is 46.7. The van der Waals surface area contributed by atoms with E-state index in [1.165, 1.54) is 24.3 Å². The fraction of sp³-hybridized carbons (Fsp3) is 0.556. The Morgan fingerprint density at radius 2 is 0.659 bits per heavy atom. The second-order valence-electron chi connectivity index (χ2n) is 21.1. The van der Waals surface area contributed by atoms with Crippen molar-refractivity contribution in [2.24, 2.45) is 11.8 Å². The van der Waals surface area contributed by atoms with Gasteiger partial charge >= 0.3 is 37.7 Å². The van der Waals surface area contributed by atoms with E-state index in [4.69, 9.17) is 37.9 Å². The first-order chi connectivity index (χ1) is 42.3. The zero-order valence-corrected chi connectivity index (χ0v) is 48.9. The fourth-order valence-corrected chi connectivity index (χ4v) is 9.84. The predicted octanol–water partition coefficient (Wildman–Crippen LogP) is -13.6. The van der Waals surface area contributed by atoms with E-state index in [1.807, 2.05) is 0 Å². The number of carbonyl (C=O) groups excluding carboxylic acids is 8.